The highest BCUT2D eigenvalue weighted by Crippen LogP contribution is 2.32. The van der Waals surface area contributed by atoms with Crippen LogP contribution in [0.4, 0.5) is 0 Å². The van der Waals surface area contributed by atoms with Crippen LogP contribution in [0.25, 0.3) is 34.7 Å². The number of carbonyl (C=O) groups is 1. The van der Waals surface area contributed by atoms with Crippen molar-refractivity contribution in [1.82, 2.24) is 4.57 Å². The molecule has 0 spiro atoms. The van der Waals surface area contributed by atoms with Crippen LogP contribution in [-0.2, 0) is 0 Å². The molecule has 1 heterocycles. The quantitative estimate of drug-likeness (QED) is 0.300. The van der Waals surface area contributed by atoms with Crippen molar-refractivity contribution >= 4 is 18.1 Å². The monoisotopic (exact) mass is 419 g/mol. The summed E-state index contributed by atoms with van der Waals surface area (Å²) >= 11 is 0. The Labute approximate surface area is 190 Å². The molecule has 4 rings (SSSR count). The number of ketones is 1. The molecule has 32 heavy (non-hydrogen) atoms. The van der Waals surface area contributed by atoms with E-state index in [4.69, 9.17) is 0 Å². The predicted octanol–water partition coefficient (Wildman–Crippen LogP) is 7.99. The van der Waals surface area contributed by atoms with Crippen molar-refractivity contribution in [3.63, 3.8) is 0 Å². The second-order valence-corrected chi connectivity index (χ2v) is 9.15. The lowest BCUT2D eigenvalue weighted by Crippen LogP contribution is -2.20. The summed E-state index contributed by atoms with van der Waals surface area (Å²) < 4.78 is 2.13. The number of benzene rings is 3. The summed E-state index contributed by atoms with van der Waals surface area (Å²) in [5, 5.41) is 0. The largest absolute Gasteiger partial charge is 0.320 e. The fourth-order valence-electron chi connectivity index (χ4n) is 3.86. The molecule has 0 N–H and O–H groups in total. The van der Waals surface area contributed by atoms with Gasteiger partial charge in [0.05, 0.1) is 5.69 Å². The van der Waals surface area contributed by atoms with E-state index in [1.807, 2.05) is 58.0 Å². The van der Waals surface area contributed by atoms with E-state index in [1.165, 1.54) is 11.1 Å². The SMILES string of the molecule is Cc1c(C(=O)C(C)(C)C)cc(-c2ccc(-c3ccccc3)cc2)n1C=Cc1ccccc1. The number of Topliss-reactive ketones (excluding diaryl/α,β-unsaturated/α-hetero) is 1. The van der Waals surface area contributed by atoms with Gasteiger partial charge in [-0.25, -0.2) is 0 Å². The average molecular weight is 420 g/mol. The van der Waals surface area contributed by atoms with E-state index in [0.29, 0.717) is 0 Å². The first kappa shape index (κ1) is 21.6. The molecule has 2 heteroatoms. The molecule has 0 aliphatic rings. The summed E-state index contributed by atoms with van der Waals surface area (Å²) in [6, 6.07) is 31.2. The fourth-order valence-corrected chi connectivity index (χ4v) is 3.86. The normalized spacial score (nSPS) is 11.8. The third kappa shape index (κ3) is 4.50. The van der Waals surface area contributed by atoms with Crippen LogP contribution in [0.15, 0.2) is 91.0 Å². The number of rotatable bonds is 5. The lowest BCUT2D eigenvalue weighted by atomic mass is 9.86. The molecule has 2 nitrogen and oxygen atoms in total. The molecular formula is C30H29NO. The van der Waals surface area contributed by atoms with Crippen LogP contribution in [0.1, 0.15) is 42.4 Å². The molecule has 1 aromatic heterocycles. The van der Waals surface area contributed by atoms with Crippen molar-refractivity contribution in [2.75, 3.05) is 0 Å². The van der Waals surface area contributed by atoms with E-state index in [-0.39, 0.29) is 5.78 Å². The second-order valence-electron chi connectivity index (χ2n) is 9.15. The maximum Gasteiger partial charge on any atom is 0.170 e. The predicted molar refractivity (Wildman–Crippen MR) is 135 cm³/mol. The Morgan fingerprint density at radius 3 is 1.88 bits per heavy atom. The maximum atomic E-state index is 13.2. The Hall–Kier alpha value is -3.65. The van der Waals surface area contributed by atoms with Crippen LogP contribution >= 0.6 is 0 Å². The van der Waals surface area contributed by atoms with Crippen LogP contribution in [0, 0.1) is 12.3 Å². The van der Waals surface area contributed by atoms with Gasteiger partial charge in [-0.05, 0) is 41.3 Å². The fraction of sp³-hybridized carbons (Fsp3) is 0.167. The molecule has 0 amide bonds. The molecule has 0 saturated carbocycles. The smallest absolute Gasteiger partial charge is 0.170 e. The van der Waals surface area contributed by atoms with E-state index >= 15 is 0 Å². The number of hydrogen-bond donors (Lipinski definition) is 0. The molecule has 0 aliphatic carbocycles. The Balaban J connectivity index is 1.79. The summed E-state index contributed by atoms with van der Waals surface area (Å²) in [4.78, 5) is 13.2. The first-order chi connectivity index (χ1) is 15.3. The lowest BCUT2D eigenvalue weighted by Gasteiger charge is -2.16. The molecule has 4 aromatic rings. The van der Waals surface area contributed by atoms with Crippen molar-refractivity contribution in [3.8, 4) is 22.4 Å². The van der Waals surface area contributed by atoms with E-state index in [9.17, 15) is 4.79 Å². The van der Waals surface area contributed by atoms with E-state index < -0.39 is 5.41 Å². The molecule has 0 saturated heterocycles. The maximum absolute atomic E-state index is 13.2. The van der Waals surface area contributed by atoms with Gasteiger partial charge in [-0.2, -0.15) is 0 Å². The summed E-state index contributed by atoms with van der Waals surface area (Å²) in [6.45, 7) is 7.94. The Kier molecular flexibility index (Phi) is 5.96. The standard InChI is InChI=1S/C30H29NO/c1-22-27(29(32)30(2,3)4)21-28(31(22)20-19-23-11-7-5-8-12-23)26-17-15-25(16-18-26)24-13-9-6-10-14-24/h5-21H,1-4H3. The van der Waals surface area contributed by atoms with Gasteiger partial charge in [0.15, 0.2) is 5.78 Å². The van der Waals surface area contributed by atoms with Crippen molar-refractivity contribution < 1.29 is 4.79 Å². The third-order valence-corrected chi connectivity index (χ3v) is 5.72. The van der Waals surface area contributed by atoms with Crippen molar-refractivity contribution in [2.24, 2.45) is 5.41 Å². The lowest BCUT2D eigenvalue weighted by molar-refractivity contribution is 0.0857. The highest BCUT2D eigenvalue weighted by molar-refractivity contribution is 6.02. The van der Waals surface area contributed by atoms with Crippen molar-refractivity contribution in [3.05, 3.63) is 108 Å². The minimum Gasteiger partial charge on any atom is -0.320 e. The Morgan fingerprint density at radius 1 is 0.750 bits per heavy atom. The summed E-state index contributed by atoms with van der Waals surface area (Å²) in [7, 11) is 0. The van der Waals surface area contributed by atoms with E-state index in [1.54, 1.807) is 0 Å². The molecule has 0 aliphatic heterocycles. The topological polar surface area (TPSA) is 22.0 Å². The highest BCUT2D eigenvalue weighted by atomic mass is 16.1. The van der Waals surface area contributed by atoms with Crippen molar-refractivity contribution in [1.29, 1.82) is 0 Å². The highest BCUT2D eigenvalue weighted by Gasteiger charge is 2.27. The Morgan fingerprint density at radius 2 is 1.28 bits per heavy atom. The zero-order chi connectivity index (χ0) is 22.7. The third-order valence-electron chi connectivity index (χ3n) is 5.72. The summed E-state index contributed by atoms with van der Waals surface area (Å²) in [5.41, 5.74) is 6.88. The average Bonchev–Trinajstić information content (AvgIpc) is 3.14. The van der Waals surface area contributed by atoms with Gasteiger partial charge < -0.3 is 4.57 Å². The summed E-state index contributed by atoms with van der Waals surface area (Å²) in [5.74, 6) is 0.156. The first-order valence-electron chi connectivity index (χ1n) is 11.0. The zero-order valence-corrected chi connectivity index (χ0v) is 19.2. The minimum absolute atomic E-state index is 0.156. The van der Waals surface area contributed by atoms with E-state index in [0.717, 1.165) is 28.1 Å². The molecule has 0 bridgehead atoms. The van der Waals surface area contributed by atoms with Gasteiger partial charge in [0.2, 0.25) is 0 Å². The van der Waals surface area contributed by atoms with Crippen LogP contribution < -0.4 is 0 Å². The zero-order valence-electron chi connectivity index (χ0n) is 19.2. The molecule has 0 radical (unpaired) electrons. The van der Waals surface area contributed by atoms with Gasteiger partial charge in [0.25, 0.3) is 0 Å². The first-order valence-corrected chi connectivity index (χ1v) is 11.0. The number of carbonyl (C=O) groups excluding carboxylic acids is 1. The molecular weight excluding hydrogens is 390 g/mol. The molecule has 0 atom stereocenters. The van der Waals surface area contributed by atoms with Gasteiger partial charge >= 0.3 is 0 Å². The van der Waals surface area contributed by atoms with Crippen LogP contribution in [0.2, 0.25) is 0 Å². The van der Waals surface area contributed by atoms with Gasteiger partial charge in [-0.1, -0.05) is 106 Å². The number of nitrogens with zero attached hydrogens (tertiary/aromatic N) is 1. The molecule has 0 fully saturated rings. The molecule has 160 valence electrons. The molecule has 3 aromatic carbocycles. The van der Waals surface area contributed by atoms with Gasteiger partial charge in [0.1, 0.15) is 0 Å². The molecule has 0 unspecified atom stereocenters. The minimum atomic E-state index is -0.436. The number of aromatic nitrogens is 1. The van der Waals surface area contributed by atoms with Crippen LogP contribution in [0.5, 0.6) is 0 Å². The van der Waals surface area contributed by atoms with Gasteiger partial charge in [-0.15, -0.1) is 0 Å². The second kappa shape index (κ2) is 8.84. The van der Waals surface area contributed by atoms with Gasteiger partial charge in [-0.3, -0.25) is 4.79 Å². The van der Waals surface area contributed by atoms with Crippen LogP contribution in [0.3, 0.4) is 0 Å². The Bertz CT molecular complexity index is 1240. The van der Waals surface area contributed by atoms with Crippen molar-refractivity contribution in [2.45, 2.75) is 27.7 Å². The van der Waals surface area contributed by atoms with Gasteiger partial charge in [0, 0.05) is 22.9 Å². The number of hydrogen-bond acceptors (Lipinski definition) is 1. The summed E-state index contributed by atoms with van der Waals surface area (Å²) in [6.07, 6.45) is 4.14. The van der Waals surface area contributed by atoms with E-state index in [2.05, 4.69) is 77.5 Å². The van der Waals surface area contributed by atoms with Crippen LogP contribution in [-0.4, -0.2) is 10.4 Å².